The van der Waals surface area contributed by atoms with Crippen LogP contribution in [-0.4, -0.2) is 40.8 Å². The van der Waals surface area contributed by atoms with Crippen molar-refractivity contribution in [2.45, 2.75) is 117 Å². The van der Waals surface area contributed by atoms with Crippen molar-refractivity contribution in [3.63, 3.8) is 0 Å². The number of ether oxygens (including phenoxy) is 1. The fourth-order valence-electron chi connectivity index (χ4n) is 6.92. The zero-order valence-corrected chi connectivity index (χ0v) is 24.4. The third-order valence-electron chi connectivity index (χ3n) is 9.58. The van der Waals surface area contributed by atoms with Crippen LogP contribution in [0.2, 0.25) is 0 Å². The highest BCUT2D eigenvalue weighted by molar-refractivity contribution is 6.03. The van der Waals surface area contributed by atoms with Crippen LogP contribution in [0.5, 0.6) is 0 Å². The average Bonchev–Trinajstić information content (AvgIpc) is 3.23. The van der Waals surface area contributed by atoms with Crippen molar-refractivity contribution in [1.82, 2.24) is 0 Å². The third-order valence-corrected chi connectivity index (χ3v) is 9.58. The van der Waals surface area contributed by atoms with Gasteiger partial charge in [-0.2, -0.15) is 0 Å². The normalized spacial score (nSPS) is 32.5. The summed E-state index contributed by atoms with van der Waals surface area (Å²) in [7, 11) is 0. The summed E-state index contributed by atoms with van der Waals surface area (Å²) in [6.45, 7) is 14.4. The topological polar surface area (TPSA) is 83.8 Å². The van der Waals surface area contributed by atoms with E-state index in [9.17, 15) is 19.8 Å². The van der Waals surface area contributed by atoms with Crippen LogP contribution < -0.4 is 0 Å². The van der Waals surface area contributed by atoms with Gasteiger partial charge >= 0.3 is 5.97 Å². The molecule has 3 rings (SSSR count). The fourth-order valence-corrected chi connectivity index (χ4v) is 6.92. The summed E-state index contributed by atoms with van der Waals surface area (Å²) in [6, 6.07) is 0. The monoisotopic (exact) mass is 526 g/mol. The fraction of sp³-hybridized carbons (Fsp3) is 0.697. The second-order valence-corrected chi connectivity index (χ2v) is 12.7. The van der Waals surface area contributed by atoms with Crippen molar-refractivity contribution in [3.05, 3.63) is 47.1 Å². The lowest BCUT2D eigenvalue weighted by Gasteiger charge is -2.43. The molecule has 5 heteroatoms. The molecule has 0 saturated heterocycles. The highest BCUT2D eigenvalue weighted by Crippen LogP contribution is 2.59. The molecular weight excluding hydrogens is 476 g/mol. The van der Waals surface area contributed by atoms with Crippen LogP contribution in [0.3, 0.4) is 0 Å². The molecule has 0 spiro atoms. The second kappa shape index (κ2) is 12.9. The van der Waals surface area contributed by atoms with Crippen LogP contribution in [0.15, 0.2) is 47.1 Å². The lowest BCUT2D eigenvalue weighted by Crippen LogP contribution is -2.35. The number of unbranched alkanes of at least 4 members (excludes halogenated alkanes) is 2. The van der Waals surface area contributed by atoms with Gasteiger partial charge in [0.2, 0.25) is 0 Å². The molecule has 0 amide bonds. The van der Waals surface area contributed by atoms with Crippen LogP contribution >= 0.6 is 0 Å². The Bertz CT molecular complexity index is 983. The van der Waals surface area contributed by atoms with Crippen LogP contribution in [0.4, 0.5) is 0 Å². The Morgan fingerprint density at radius 1 is 1.18 bits per heavy atom. The van der Waals surface area contributed by atoms with Crippen LogP contribution in [-0.2, 0) is 14.3 Å². The molecule has 0 aliphatic heterocycles. The van der Waals surface area contributed by atoms with Gasteiger partial charge < -0.3 is 14.9 Å². The standard InChI is InChI=1S/C33H50O5/c1-7-8-9-19-38-31(37)32(4,5)30(36)17-12-22(2)27-15-16-28-24(11-10-18-33(27,28)6)13-14-25-20-26(34)21-29(35)23(25)3/h12-14,26-29,34-35H,3,7-11,15-21H2,1-2,4-6H3/t26-,27-,28+,29+,33-/m1/s1. The van der Waals surface area contributed by atoms with E-state index in [2.05, 4.69) is 45.6 Å². The molecule has 0 aromatic carbocycles. The number of rotatable bonds is 10. The molecule has 3 saturated carbocycles. The van der Waals surface area contributed by atoms with Gasteiger partial charge in [-0.3, -0.25) is 9.59 Å². The minimum absolute atomic E-state index is 0.0926. The number of fused-ring (bicyclic) bond motifs is 1. The van der Waals surface area contributed by atoms with Crippen LogP contribution in [0.25, 0.3) is 0 Å². The van der Waals surface area contributed by atoms with Crippen molar-refractivity contribution >= 4 is 11.8 Å². The average molecular weight is 527 g/mol. The van der Waals surface area contributed by atoms with E-state index in [0.29, 0.717) is 31.3 Å². The molecule has 212 valence electrons. The van der Waals surface area contributed by atoms with Gasteiger partial charge in [-0.05, 0) is 94.1 Å². The maximum absolute atomic E-state index is 13.0. The Labute approximate surface area is 230 Å². The molecular formula is C33H50O5. The van der Waals surface area contributed by atoms with Gasteiger partial charge in [-0.1, -0.05) is 62.6 Å². The van der Waals surface area contributed by atoms with Gasteiger partial charge in [0.1, 0.15) is 5.41 Å². The van der Waals surface area contributed by atoms with E-state index in [1.165, 1.54) is 11.1 Å². The number of carbonyl (C=O) groups excluding carboxylic acids is 2. The number of allylic oxidation sites excluding steroid dienone is 5. The molecule has 2 N–H and O–H groups in total. The van der Waals surface area contributed by atoms with E-state index in [1.807, 2.05) is 0 Å². The number of hydrogen-bond acceptors (Lipinski definition) is 5. The maximum Gasteiger partial charge on any atom is 0.319 e. The predicted octanol–water partition coefficient (Wildman–Crippen LogP) is 6.79. The smallest absolute Gasteiger partial charge is 0.319 e. The largest absolute Gasteiger partial charge is 0.465 e. The van der Waals surface area contributed by atoms with Crippen LogP contribution in [0, 0.1) is 22.7 Å². The first-order valence-corrected chi connectivity index (χ1v) is 14.7. The molecule has 0 radical (unpaired) electrons. The number of hydrogen-bond donors (Lipinski definition) is 2. The lowest BCUT2D eigenvalue weighted by molar-refractivity contribution is -0.158. The number of aliphatic hydroxyl groups is 2. The molecule has 5 atom stereocenters. The molecule has 0 aromatic heterocycles. The Morgan fingerprint density at radius 3 is 2.63 bits per heavy atom. The predicted molar refractivity (Wildman–Crippen MR) is 152 cm³/mol. The minimum Gasteiger partial charge on any atom is -0.465 e. The highest BCUT2D eigenvalue weighted by Gasteiger charge is 2.49. The van der Waals surface area contributed by atoms with Gasteiger partial charge in [-0.15, -0.1) is 0 Å². The Kier molecular flexibility index (Phi) is 10.4. The van der Waals surface area contributed by atoms with Crippen molar-refractivity contribution in [3.8, 4) is 0 Å². The molecule has 3 aliphatic carbocycles. The molecule has 38 heavy (non-hydrogen) atoms. The van der Waals surface area contributed by atoms with E-state index in [1.54, 1.807) is 13.8 Å². The van der Waals surface area contributed by atoms with Gasteiger partial charge in [0.15, 0.2) is 5.78 Å². The summed E-state index contributed by atoms with van der Waals surface area (Å²) in [4.78, 5) is 25.6. The highest BCUT2D eigenvalue weighted by atomic mass is 16.5. The third kappa shape index (κ3) is 6.77. The van der Waals surface area contributed by atoms with Gasteiger partial charge in [0, 0.05) is 12.8 Å². The zero-order chi connectivity index (χ0) is 28.1. The van der Waals surface area contributed by atoms with Crippen molar-refractivity contribution < 1.29 is 24.5 Å². The van der Waals surface area contributed by atoms with Gasteiger partial charge in [-0.25, -0.2) is 0 Å². The molecule has 0 unspecified atom stereocenters. The maximum atomic E-state index is 13.0. The number of aliphatic hydroxyl groups excluding tert-OH is 2. The summed E-state index contributed by atoms with van der Waals surface area (Å²) in [5.41, 5.74) is 3.39. The van der Waals surface area contributed by atoms with Crippen molar-refractivity contribution in [2.75, 3.05) is 6.61 Å². The number of esters is 1. The van der Waals surface area contributed by atoms with Gasteiger partial charge in [0.25, 0.3) is 0 Å². The number of Topliss-reactive ketones (excluding diaryl/α,β-unsaturated/α-hetero) is 1. The van der Waals surface area contributed by atoms with E-state index >= 15 is 0 Å². The summed E-state index contributed by atoms with van der Waals surface area (Å²) in [5.74, 6) is 0.381. The first-order valence-electron chi connectivity index (χ1n) is 14.7. The van der Waals surface area contributed by atoms with Crippen molar-refractivity contribution in [2.24, 2.45) is 22.7 Å². The second-order valence-electron chi connectivity index (χ2n) is 12.7. The quantitative estimate of drug-likeness (QED) is 0.142. The lowest BCUT2D eigenvalue weighted by atomic mass is 9.62. The molecule has 3 fully saturated rings. The Balaban J connectivity index is 1.67. The van der Waals surface area contributed by atoms with E-state index < -0.39 is 23.6 Å². The number of carbonyl (C=O) groups is 2. The molecule has 5 nitrogen and oxygen atoms in total. The molecule has 0 aromatic rings. The van der Waals surface area contributed by atoms with E-state index in [0.717, 1.165) is 62.5 Å². The van der Waals surface area contributed by atoms with E-state index in [-0.39, 0.29) is 17.6 Å². The molecule has 3 aliphatic rings. The zero-order valence-electron chi connectivity index (χ0n) is 24.4. The molecule has 0 bridgehead atoms. The van der Waals surface area contributed by atoms with Crippen molar-refractivity contribution in [1.29, 1.82) is 0 Å². The SMILES string of the molecule is C=C1C(=CC=C2CCC[C@]3(C)[C@@H](C(C)=CCC(=O)C(C)(C)C(=O)OCCCCC)CC[C@@H]23)C[C@@H](O)C[C@@H]1O. The molecule has 0 heterocycles. The minimum atomic E-state index is -1.14. The first-order chi connectivity index (χ1) is 17.9. The Hall–Kier alpha value is -1.98. The first kappa shape index (κ1) is 30.6. The summed E-state index contributed by atoms with van der Waals surface area (Å²) < 4.78 is 5.40. The van der Waals surface area contributed by atoms with Gasteiger partial charge in [0.05, 0.1) is 18.8 Å². The number of ketones is 1. The Morgan fingerprint density at radius 2 is 1.92 bits per heavy atom. The van der Waals surface area contributed by atoms with Crippen LogP contribution in [0.1, 0.15) is 105 Å². The van der Waals surface area contributed by atoms with E-state index in [4.69, 9.17) is 4.74 Å². The summed E-state index contributed by atoms with van der Waals surface area (Å²) >= 11 is 0. The summed E-state index contributed by atoms with van der Waals surface area (Å²) in [5, 5.41) is 20.3. The summed E-state index contributed by atoms with van der Waals surface area (Å²) in [6.07, 6.45) is 14.8.